The van der Waals surface area contributed by atoms with Crippen LogP contribution in [0.15, 0.2) is 42.5 Å². The molecule has 0 aliphatic carbocycles. The number of halogens is 1. The number of esters is 1. The zero-order valence-corrected chi connectivity index (χ0v) is 17.6. The fourth-order valence-corrected chi connectivity index (χ4v) is 3.60. The summed E-state index contributed by atoms with van der Waals surface area (Å²) < 4.78 is 10.6. The van der Waals surface area contributed by atoms with Crippen molar-refractivity contribution in [2.24, 2.45) is 5.73 Å². The number of hydrogen-bond acceptors (Lipinski definition) is 5. The predicted octanol–water partition coefficient (Wildman–Crippen LogP) is 3.93. The highest BCUT2D eigenvalue weighted by Crippen LogP contribution is 2.29. The standard InChI is InChI=1S/C22H26ClN3O3/c1-4-29-21(27)22(2,13-28-3)15-9-10-18-19(12-15)26-20(25-18)17(24)11-14-7-5-6-8-16(14)23/h5-10,12,17H,4,11,13,24H2,1-3H3,(H,25,26). The normalized spacial score (nSPS) is 14.5. The molecule has 0 saturated heterocycles. The van der Waals surface area contributed by atoms with Crippen molar-refractivity contribution in [3.8, 4) is 0 Å². The summed E-state index contributed by atoms with van der Waals surface area (Å²) in [6.07, 6.45) is 0.566. The molecule has 154 valence electrons. The molecule has 0 saturated carbocycles. The van der Waals surface area contributed by atoms with Crippen LogP contribution in [0.1, 0.15) is 36.8 Å². The first-order valence-corrected chi connectivity index (χ1v) is 9.92. The second kappa shape index (κ2) is 8.95. The van der Waals surface area contributed by atoms with Crippen LogP contribution in [-0.4, -0.2) is 36.3 Å². The zero-order valence-electron chi connectivity index (χ0n) is 16.9. The molecule has 2 unspecified atom stereocenters. The maximum absolute atomic E-state index is 12.6. The second-order valence-corrected chi connectivity index (χ2v) is 7.65. The van der Waals surface area contributed by atoms with Crippen LogP contribution in [-0.2, 0) is 26.1 Å². The number of carbonyl (C=O) groups excluding carboxylic acids is 1. The number of imidazole rings is 1. The molecular weight excluding hydrogens is 390 g/mol. The summed E-state index contributed by atoms with van der Waals surface area (Å²) in [7, 11) is 1.57. The van der Waals surface area contributed by atoms with Crippen molar-refractivity contribution < 1.29 is 14.3 Å². The summed E-state index contributed by atoms with van der Waals surface area (Å²) in [5, 5.41) is 0.686. The lowest BCUT2D eigenvalue weighted by atomic mass is 9.83. The van der Waals surface area contributed by atoms with E-state index in [0.29, 0.717) is 23.9 Å². The van der Waals surface area contributed by atoms with Crippen molar-refractivity contribution in [3.63, 3.8) is 0 Å². The molecule has 2 atom stereocenters. The highest BCUT2D eigenvalue weighted by Gasteiger charge is 2.37. The molecule has 1 heterocycles. The van der Waals surface area contributed by atoms with E-state index in [1.807, 2.05) is 49.4 Å². The molecule has 0 aliphatic rings. The highest BCUT2D eigenvalue weighted by atomic mass is 35.5. The molecular formula is C22H26ClN3O3. The number of nitrogens with two attached hydrogens (primary N) is 1. The number of hydrogen-bond donors (Lipinski definition) is 2. The third-order valence-electron chi connectivity index (χ3n) is 5.05. The van der Waals surface area contributed by atoms with E-state index in [1.165, 1.54) is 0 Å². The van der Waals surface area contributed by atoms with Gasteiger partial charge in [-0.15, -0.1) is 0 Å². The average molecular weight is 416 g/mol. The smallest absolute Gasteiger partial charge is 0.318 e. The number of aromatic nitrogens is 2. The van der Waals surface area contributed by atoms with Crippen LogP contribution in [0.4, 0.5) is 0 Å². The van der Waals surface area contributed by atoms with Crippen molar-refractivity contribution in [1.82, 2.24) is 9.97 Å². The molecule has 0 fully saturated rings. The molecule has 0 spiro atoms. The molecule has 0 radical (unpaired) electrons. The van der Waals surface area contributed by atoms with Crippen LogP contribution in [0.25, 0.3) is 11.0 Å². The topological polar surface area (TPSA) is 90.2 Å². The first kappa shape index (κ1) is 21.3. The highest BCUT2D eigenvalue weighted by molar-refractivity contribution is 6.31. The number of aromatic amines is 1. The van der Waals surface area contributed by atoms with Crippen molar-refractivity contribution in [1.29, 1.82) is 0 Å². The summed E-state index contributed by atoms with van der Waals surface area (Å²) in [5.41, 5.74) is 8.81. The van der Waals surface area contributed by atoms with Gasteiger partial charge in [-0.2, -0.15) is 0 Å². The van der Waals surface area contributed by atoms with Gasteiger partial charge < -0.3 is 20.2 Å². The number of nitrogens with zero attached hydrogens (tertiary/aromatic N) is 1. The third-order valence-corrected chi connectivity index (χ3v) is 5.41. The Kier molecular flexibility index (Phi) is 6.57. The molecule has 0 aliphatic heterocycles. The maximum Gasteiger partial charge on any atom is 0.318 e. The monoisotopic (exact) mass is 415 g/mol. The van der Waals surface area contributed by atoms with Crippen molar-refractivity contribution in [3.05, 3.63) is 64.4 Å². The van der Waals surface area contributed by atoms with E-state index in [2.05, 4.69) is 9.97 Å². The summed E-state index contributed by atoms with van der Waals surface area (Å²) in [6, 6.07) is 13.0. The zero-order chi connectivity index (χ0) is 21.0. The number of nitrogens with one attached hydrogen (secondary N) is 1. The minimum atomic E-state index is -0.913. The Hall–Kier alpha value is -2.41. The van der Waals surface area contributed by atoms with E-state index in [9.17, 15) is 4.79 Å². The lowest BCUT2D eigenvalue weighted by molar-refractivity contribution is -0.151. The third kappa shape index (κ3) is 4.45. The van der Waals surface area contributed by atoms with Crippen LogP contribution in [0.2, 0.25) is 5.02 Å². The van der Waals surface area contributed by atoms with Gasteiger partial charge in [-0.05, 0) is 49.6 Å². The number of carbonyl (C=O) groups is 1. The molecule has 1 aromatic heterocycles. The van der Waals surface area contributed by atoms with Gasteiger partial charge in [-0.3, -0.25) is 4.79 Å². The van der Waals surface area contributed by atoms with Crippen LogP contribution in [0, 0.1) is 0 Å². The molecule has 2 aromatic carbocycles. The van der Waals surface area contributed by atoms with Gasteiger partial charge in [-0.25, -0.2) is 4.98 Å². The number of rotatable bonds is 8. The lowest BCUT2D eigenvalue weighted by Crippen LogP contribution is -2.38. The van der Waals surface area contributed by atoms with Crippen molar-refractivity contribution in [2.75, 3.05) is 20.3 Å². The van der Waals surface area contributed by atoms with E-state index in [0.717, 1.165) is 22.2 Å². The van der Waals surface area contributed by atoms with Crippen LogP contribution >= 0.6 is 11.6 Å². The largest absolute Gasteiger partial charge is 0.465 e. The summed E-state index contributed by atoms with van der Waals surface area (Å²) >= 11 is 6.25. The predicted molar refractivity (Wildman–Crippen MR) is 114 cm³/mol. The van der Waals surface area contributed by atoms with Crippen LogP contribution < -0.4 is 5.73 Å². The number of ether oxygens (including phenoxy) is 2. The minimum Gasteiger partial charge on any atom is -0.465 e. The fraction of sp³-hybridized carbons (Fsp3) is 0.364. The number of H-pyrrole nitrogens is 1. The maximum atomic E-state index is 12.6. The number of methoxy groups -OCH3 is 1. The van der Waals surface area contributed by atoms with Crippen LogP contribution in [0.3, 0.4) is 0 Å². The minimum absolute atomic E-state index is 0.213. The Morgan fingerprint density at radius 1 is 1.31 bits per heavy atom. The molecule has 3 rings (SSSR count). The Morgan fingerprint density at radius 2 is 2.07 bits per heavy atom. The van der Waals surface area contributed by atoms with E-state index in [-0.39, 0.29) is 18.6 Å². The Bertz CT molecular complexity index is 1000. The van der Waals surface area contributed by atoms with Gasteiger partial charge in [0.15, 0.2) is 0 Å². The molecule has 3 N–H and O–H groups in total. The van der Waals surface area contributed by atoms with Gasteiger partial charge in [-0.1, -0.05) is 35.9 Å². The Labute approximate surface area is 175 Å². The first-order valence-electron chi connectivity index (χ1n) is 9.54. The van der Waals surface area contributed by atoms with Gasteiger partial charge in [0.2, 0.25) is 0 Å². The molecule has 0 bridgehead atoms. The SMILES string of the molecule is CCOC(=O)C(C)(COC)c1ccc2nc(C(N)Cc3ccccc3Cl)[nH]c2c1. The average Bonchev–Trinajstić information content (AvgIpc) is 3.13. The lowest BCUT2D eigenvalue weighted by Gasteiger charge is -2.26. The quantitative estimate of drug-likeness (QED) is 0.544. The number of benzene rings is 2. The Balaban J connectivity index is 1.91. The summed E-state index contributed by atoms with van der Waals surface area (Å²) in [4.78, 5) is 20.5. The van der Waals surface area contributed by atoms with E-state index in [1.54, 1.807) is 14.0 Å². The molecule has 7 heteroatoms. The van der Waals surface area contributed by atoms with Crippen molar-refractivity contribution in [2.45, 2.75) is 31.7 Å². The fourth-order valence-electron chi connectivity index (χ4n) is 3.38. The van der Waals surface area contributed by atoms with Gasteiger partial charge in [0, 0.05) is 12.1 Å². The van der Waals surface area contributed by atoms with Gasteiger partial charge in [0.25, 0.3) is 0 Å². The van der Waals surface area contributed by atoms with Gasteiger partial charge in [0.05, 0.1) is 30.3 Å². The Morgan fingerprint density at radius 3 is 2.76 bits per heavy atom. The first-order chi connectivity index (χ1) is 13.9. The van der Waals surface area contributed by atoms with Crippen LogP contribution in [0.5, 0.6) is 0 Å². The van der Waals surface area contributed by atoms with E-state index < -0.39 is 5.41 Å². The summed E-state index contributed by atoms with van der Waals surface area (Å²) in [5.74, 6) is 0.345. The molecule has 0 amide bonds. The molecule has 29 heavy (non-hydrogen) atoms. The van der Waals surface area contributed by atoms with Gasteiger partial charge >= 0.3 is 5.97 Å². The van der Waals surface area contributed by atoms with Crippen molar-refractivity contribution >= 4 is 28.6 Å². The summed E-state index contributed by atoms with van der Waals surface area (Å²) in [6.45, 7) is 4.13. The van der Waals surface area contributed by atoms with Gasteiger partial charge in [0.1, 0.15) is 11.2 Å². The van der Waals surface area contributed by atoms with E-state index in [4.69, 9.17) is 26.8 Å². The molecule has 3 aromatic rings. The number of fused-ring (bicyclic) bond motifs is 1. The second-order valence-electron chi connectivity index (χ2n) is 7.24. The molecule has 6 nitrogen and oxygen atoms in total. The van der Waals surface area contributed by atoms with E-state index >= 15 is 0 Å².